The van der Waals surface area contributed by atoms with Crippen LogP contribution in [0.5, 0.6) is 17.2 Å². The average Bonchev–Trinajstić information content (AvgIpc) is 3.07. The molecule has 0 fully saturated rings. The number of ether oxygens (including phenoxy) is 2. The van der Waals surface area contributed by atoms with Crippen LogP contribution in [0.25, 0.3) is 0 Å². The number of benzene rings is 2. The Kier molecular flexibility index (Phi) is 5.47. The molecular formula is C24H19F2NO7. The fourth-order valence-corrected chi connectivity index (χ4v) is 4.30. The normalized spacial score (nSPS) is 20.7. The number of carbonyl (C=O) groups is 4. The van der Waals surface area contributed by atoms with Gasteiger partial charge in [0.15, 0.2) is 29.0 Å². The molecule has 34 heavy (non-hydrogen) atoms. The van der Waals surface area contributed by atoms with Crippen molar-refractivity contribution in [3.8, 4) is 17.2 Å². The number of carbonyl (C=O) groups excluding carboxylic acids is 4. The molecule has 0 radical (unpaired) electrons. The van der Waals surface area contributed by atoms with Gasteiger partial charge in [-0.05, 0) is 19.9 Å². The molecule has 8 nitrogen and oxygen atoms in total. The summed E-state index contributed by atoms with van der Waals surface area (Å²) in [5.74, 6) is -7.80. The van der Waals surface area contributed by atoms with Crippen LogP contribution < -0.4 is 14.8 Å². The summed E-state index contributed by atoms with van der Waals surface area (Å²) in [6.07, 6.45) is 1.00. The number of amides is 1. The number of halogens is 2. The lowest BCUT2D eigenvalue weighted by molar-refractivity contribution is -0.140. The molecule has 0 saturated carbocycles. The number of nitrogens with one attached hydrogen (secondary N) is 1. The second-order valence-electron chi connectivity index (χ2n) is 8.12. The third-order valence-corrected chi connectivity index (χ3v) is 6.07. The zero-order valence-corrected chi connectivity index (χ0v) is 18.3. The van der Waals surface area contributed by atoms with Gasteiger partial charge in [0.1, 0.15) is 39.9 Å². The molecule has 176 valence electrons. The van der Waals surface area contributed by atoms with E-state index in [1.54, 1.807) is 0 Å². The maximum atomic E-state index is 14.0. The highest BCUT2D eigenvalue weighted by atomic mass is 19.2. The molecule has 4 rings (SSSR count). The lowest BCUT2D eigenvalue weighted by Crippen LogP contribution is -2.47. The molecule has 2 N–H and O–H groups in total. The summed E-state index contributed by atoms with van der Waals surface area (Å²) in [5.41, 5.74) is -2.16. The van der Waals surface area contributed by atoms with E-state index in [1.165, 1.54) is 26.2 Å². The Morgan fingerprint density at radius 3 is 2.62 bits per heavy atom. The number of fused-ring (bicyclic) bond motifs is 3. The first-order valence-electron chi connectivity index (χ1n) is 10.2. The molecule has 0 spiro atoms. The fourth-order valence-electron chi connectivity index (χ4n) is 4.30. The van der Waals surface area contributed by atoms with Crippen molar-refractivity contribution < 1.29 is 42.5 Å². The quantitative estimate of drug-likeness (QED) is 0.643. The Balaban J connectivity index is 1.81. The number of hydrogen-bond acceptors (Lipinski definition) is 7. The molecule has 1 unspecified atom stereocenters. The monoisotopic (exact) mass is 471 g/mol. The number of phenols is 1. The number of rotatable bonds is 5. The SMILES string of the molecule is COc1cc(O)c2c(c1C(=O)NCc1cccc(F)c1F)OC1=CC(=O)C(C(C)=O)C(=O)[C@]12C. The van der Waals surface area contributed by atoms with Gasteiger partial charge in [-0.3, -0.25) is 19.2 Å². The molecule has 2 atom stereocenters. The van der Waals surface area contributed by atoms with Crippen molar-refractivity contribution in [2.45, 2.75) is 25.8 Å². The summed E-state index contributed by atoms with van der Waals surface area (Å²) < 4.78 is 38.4. The Bertz CT molecular complexity index is 1320. The minimum atomic E-state index is -1.71. The maximum Gasteiger partial charge on any atom is 0.259 e. The van der Waals surface area contributed by atoms with E-state index in [4.69, 9.17) is 9.47 Å². The van der Waals surface area contributed by atoms with E-state index in [-0.39, 0.29) is 40.5 Å². The summed E-state index contributed by atoms with van der Waals surface area (Å²) in [5, 5.41) is 13.1. The molecule has 2 aliphatic rings. The van der Waals surface area contributed by atoms with Crippen LogP contribution in [-0.4, -0.2) is 35.5 Å². The fraction of sp³-hybridized carbons (Fsp3) is 0.250. The lowest BCUT2D eigenvalue weighted by Gasteiger charge is -2.30. The average molecular weight is 471 g/mol. The number of methoxy groups -OCH3 is 1. The van der Waals surface area contributed by atoms with Crippen LogP contribution in [0.3, 0.4) is 0 Å². The van der Waals surface area contributed by atoms with Gasteiger partial charge in [0.25, 0.3) is 5.91 Å². The predicted molar refractivity (Wildman–Crippen MR) is 112 cm³/mol. The molecule has 1 amide bonds. The first kappa shape index (κ1) is 23.1. The van der Waals surface area contributed by atoms with Crippen molar-refractivity contribution >= 4 is 23.3 Å². The van der Waals surface area contributed by atoms with E-state index in [0.717, 1.165) is 25.1 Å². The first-order valence-corrected chi connectivity index (χ1v) is 10.2. The third-order valence-electron chi connectivity index (χ3n) is 6.07. The lowest BCUT2D eigenvalue weighted by atomic mass is 9.67. The topological polar surface area (TPSA) is 119 Å². The van der Waals surface area contributed by atoms with Gasteiger partial charge in [-0.25, -0.2) is 8.78 Å². The van der Waals surface area contributed by atoms with Gasteiger partial charge < -0.3 is 19.9 Å². The van der Waals surface area contributed by atoms with E-state index in [0.29, 0.717) is 0 Å². The summed E-state index contributed by atoms with van der Waals surface area (Å²) in [6.45, 7) is 2.11. The summed E-state index contributed by atoms with van der Waals surface area (Å²) >= 11 is 0. The molecule has 2 aromatic rings. The van der Waals surface area contributed by atoms with Gasteiger partial charge in [0.2, 0.25) is 0 Å². The standard InChI is InChI=1S/C24H19F2NO7/c1-10(28)17-13(29)8-16-24(2,22(17)31)19-14(30)7-15(33-3)18(21(19)34-16)23(32)27-9-11-5-4-6-12(25)20(11)26/h4-8,17,30H,9H2,1-3H3,(H,27,32)/t17?,24-/m1/s1. The highest BCUT2D eigenvalue weighted by molar-refractivity contribution is 6.27. The predicted octanol–water partition coefficient (Wildman–Crippen LogP) is 2.50. The highest BCUT2D eigenvalue weighted by Crippen LogP contribution is 2.56. The Hall–Kier alpha value is -4.08. The zero-order chi connectivity index (χ0) is 24.9. The largest absolute Gasteiger partial charge is 0.507 e. The summed E-state index contributed by atoms with van der Waals surface area (Å²) in [6, 6.07) is 4.61. The summed E-state index contributed by atoms with van der Waals surface area (Å²) in [4.78, 5) is 50.7. The molecule has 0 aromatic heterocycles. The zero-order valence-electron chi connectivity index (χ0n) is 18.3. The molecule has 1 heterocycles. The van der Waals surface area contributed by atoms with Gasteiger partial charge in [-0.1, -0.05) is 12.1 Å². The van der Waals surface area contributed by atoms with Gasteiger partial charge >= 0.3 is 0 Å². The number of ketones is 3. The van der Waals surface area contributed by atoms with Gasteiger partial charge in [0.05, 0.1) is 12.7 Å². The Morgan fingerprint density at radius 1 is 1.26 bits per heavy atom. The van der Waals surface area contributed by atoms with Crippen LogP contribution >= 0.6 is 0 Å². The number of allylic oxidation sites excluding steroid dienone is 2. The van der Waals surface area contributed by atoms with Crippen LogP contribution in [0, 0.1) is 17.6 Å². The van der Waals surface area contributed by atoms with Crippen LogP contribution in [0.4, 0.5) is 8.78 Å². The summed E-state index contributed by atoms with van der Waals surface area (Å²) in [7, 11) is 1.23. The Labute approximate surface area is 192 Å². The van der Waals surface area contributed by atoms with Gasteiger partial charge in [0, 0.05) is 24.3 Å². The van der Waals surface area contributed by atoms with Crippen molar-refractivity contribution in [2.75, 3.05) is 7.11 Å². The van der Waals surface area contributed by atoms with Crippen LogP contribution in [0.2, 0.25) is 0 Å². The number of aromatic hydroxyl groups is 1. The van der Waals surface area contributed by atoms with Crippen molar-refractivity contribution in [3.05, 3.63) is 64.4 Å². The highest BCUT2D eigenvalue weighted by Gasteiger charge is 2.58. The van der Waals surface area contributed by atoms with E-state index < -0.39 is 52.0 Å². The van der Waals surface area contributed by atoms with Crippen molar-refractivity contribution in [2.24, 2.45) is 5.92 Å². The molecular weight excluding hydrogens is 452 g/mol. The van der Waals surface area contributed by atoms with Crippen LogP contribution in [0.15, 0.2) is 36.1 Å². The van der Waals surface area contributed by atoms with Crippen molar-refractivity contribution in [1.82, 2.24) is 5.32 Å². The van der Waals surface area contributed by atoms with Gasteiger partial charge in [-0.2, -0.15) is 0 Å². The van der Waals surface area contributed by atoms with Crippen LogP contribution in [0.1, 0.15) is 35.3 Å². The molecule has 0 saturated heterocycles. The Morgan fingerprint density at radius 2 is 1.97 bits per heavy atom. The smallest absolute Gasteiger partial charge is 0.259 e. The van der Waals surface area contributed by atoms with Crippen molar-refractivity contribution in [1.29, 1.82) is 0 Å². The maximum absolute atomic E-state index is 14.0. The molecule has 1 aliphatic carbocycles. The number of Topliss-reactive ketones (excluding diaryl/α,β-unsaturated/α-hetero) is 2. The first-order chi connectivity index (χ1) is 16.0. The second kappa shape index (κ2) is 8.05. The third kappa shape index (κ3) is 3.25. The van der Waals surface area contributed by atoms with Crippen LogP contribution in [-0.2, 0) is 26.3 Å². The van der Waals surface area contributed by atoms with E-state index in [2.05, 4.69) is 5.32 Å². The van der Waals surface area contributed by atoms with E-state index in [9.17, 15) is 33.1 Å². The van der Waals surface area contributed by atoms with E-state index >= 15 is 0 Å². The van der Waals surface area contributed by atoms with Gasteiger partial charge in [-0.15, -0.1) is 0 Å². The number of hydrogen-bond donors (Lipinski definition) is 2. The van der Waals surface area contributed by atoms with E-state index in [1.807, 2.05) is 0 Å². The molecule has 0 bridgehead atoms. The molecule has 1 aliphatic heterocycles. The minimum absolute atomic E-state index is 0.106. The number of phenolic OH excluding ortho intramolecular Hbond substituents is 1. The molecule has 10 heteroatoms. The minimum Gasteiger partial charge on any atom is -0.507 e. The second-order valence-corrected chi connectivity index (χ2v) is 8.12. The van der Waals surface area contributed by atoms with Crippen molar-refractivity contribution in [3.63, 3.8) is 0 Å². The molecule has 2 aromatic carbocycles.